The van der Waals surface area contributed by atoms with Crippen molar-refractivity contribution in [2.45, 2.75) is 38.5 Å². The van der Waals surface area contributed by atoms with Gasteiger partial charge in [-0.1, -0.05) is 26.0 Å². The molecule has 156 valence electrons. The highest BCUT2D eigenvalue weighted by atomic mass is 32.2. The van der Waals surface area contributed by atoms with E-state index in [1.807, 2.05) is 26.0 Å². The van der Waals surface area contributed by atoms with Crippen molar-refractivity contribution in [2.24, 2.45) is 5.41 Å². The molecule has 1 amide bonds. The molecule has 1 aliphatic rings. The molecule has 0 radical (unpaired) electrons. The Labute approximate surface area is 171 Å². The summed E-state index contributed by atoms with van der Waals surface area (Å²) in [6, 6.07) is 12.3. The van der Waals surface area contributed by atoms with Crippen molar-refractivity contribution in [1.29, 1.82) is 0 Å². The van der Waals surface area contributed by atoms with Crippen molar-refractivity contribution in [1.82, 2.24) is 0 Å². The van der Waals surface area contributed by atoms with Crippen molar-refractivity contribution < 1.29 is 21.6 Å². The predicted molar refractivity (Wildman–Crippen MR) is 113 cm³/mol. The molecule has 7 nitrogen and oxygen atoms in total. The molecule has 0 atom stereocenters. The lowest BCUT2D eigenvalue weighted by atomic mass is 9.95. The second kappa shape index (κ2) is 7.14. The van der Waals surface area contributed by atoms with E-state index in [4.69, 9.17) is 0 Å². The molecule has 0 aromatic heterocycles. The molecule has 0 aliphatic carbocycles. The molecule has 0 saturated carbocycles. The van der Waals surface area contributed by atoms with Gasteiger partial charge >= 0.3 is 0 Å². The minimum atomic E-state index is -3.85. The Kier molecular flexibility index (Phi) is 5.25. The average molecular weight is 437 g/mol. The van der Waals surface area contributed by atoms with E-state index >= 15 is 0 Å². The van der Waals surface area contributed by atoms with E-state index < -0.39 is 31.4 Å². The number of rotatable bonds is 5. The van der Waals surface area contributed by atoms with Crippen molar-refractivity contribution >= 4 is 37.3 Å². The Hall–Kier alpha value is -2.39. The second-order valence-corrected chi connectivity index (χ2v) is 11.6. The number of anilines is 2. The van der Waals surface area contributed by atoms with Gasteiger partial charge < -0.3 is 0 Å². The molecule has 9 heteroatoms. The summed E-state index contributed by atoms with van der Waals surface area (Å²) < 4.78 is 53.3. The van der Waals surface area contributed by atoms with Crippen molar-refractivity contribution in [3.05, 3.63) is 54.1 Å². The third kappa shape index (κ3) is 4.16. The van der Waals surface area contributed by atoms with E-state index in [0.29, 0.717) is 11.6 Å². The van der Waals surface area contributed by atoms with Gasteiger partial charge in [-0.15, -0.1) is 0 Å². The number of nitrogens with zero attached hydrogens (tertiary/aromatic N) is 1. The summed E-state index contributed by atoms with van der Waals surface area (Å²) in [6.07, 6.45) is 0. The summed E-state index contributed by atoms with van der Waals surface area (Å²) in [5.41, 5.74) is 0.628. The van der Waals surface area contributed by atoms with Gasteiger partial charge in [0.05, 0.1) is 21.8 Å². The first kappa shape index (κ1) is 21.3. The molecule has 1 fully saturated rings. The standard InChI is InChI=1S/C20H24N2O5S2/c1-14(2)15-5-7-16(8-6-15)21-29(26,27)18-11-9-17(10-12-18)22-19(23)20(3,4)13-28(22,24)25/h5-12,14,21H,13H2,1-4H3. The highest BCUT2D eigenvalue weighted by Crippen LogP contribution is 2.36. The van der Waals surface area contributed by atoms with Crippen molar-refractivity contribution in [2.75, 3.05) is 14.8 Å². The van der Waals surface area contributed by atoms with Crippen LogP contribution in [0.15, 0.2) is 53.4 Å². The van der Waals surface area contributed by atoms with Crippen LogP contribution in [0.25, 0.3) is 0 Å². The van der Waals surface area contributed by atoms with Crippen LogP contribution in [-0.4, -0.2) is 28.5 Å². The maximum Gasteiger partial charge on any atom is 0.261 e. The molecular formula is C20H24N2O5S2. The minimum Gasteiger partial charge on any atom is -0.280 e. The number of amides is 1. The maximum atomic E-state index is 12.6. The van der Waals surface area contributed by atoms with Crippen LogP contribution in [0.2, 0.25) is 0 Å². The molecule has 2 aromatic carbocycles. The molecule has 1 heterocycles. The van der Waals surface area contributed by atoms with E-state index in [1.54, 1.807) is 26.0 Å². The van der Waals surface area contributed by atoms with Crippen LogP contribution in [-0.2, 0) is 24.8 Å². The largest absolute Gasteiger partial charge is 0.280 e. The summed E-state index contributed by atoms with van der Waals surface area (Å²) in [4.78, 5) is 12.4. The van der Waals surface area contributed by atoms with Crippen LogP contribution in [0.5, 0.6) is 0 Å². The van der Waals surface area contributed by atoms with Gasteiger partial charge in [0.15, 0.2) is 0 Å². The van der Waals surface area contributed by atoms with Gasteiger partial charge in [0.25, 0.3) is 10.0 Å². The third-order valence-corrected chi connectivity index (χ3v) is 8.21. The third-order valence-electron chi connectivity index (χ3n) is 4.80. The summed E-state index contributed by atoms with van der Waals surface area (Å²) in [7, 11) is -7.64. The van der Waals surface area contributed by atoms with Crippen LogP contribution in [0.4, 0.5) is 11.4 Å². The lowest BCUT2D eigenvalue weighted by Crippen LogP contribution is -2.32. The van der Waals surface area contributed by atoms with Gasteiger partial charge in [0.1, 0.15) is 0 Å². The molecule has 2 aromatic rings. The smallest absolute Gasteiger partial charge is 0.261 e. The Morgan fingerprint density at radius 3 is 2.00 bits per heavy atom. The van der Waals surface area contributed by atoms with Crippen molar-refractivity contribution in [3.8, 4) is 0 Å². The molecule has 0 bridgehead atoms. The Bertz CT molecular complexity index is 1130. The lowest BCUT2D eigenvalue weighted by Gasteiger charge is -2.18. The van der Waals surface area contributed by atoms with Gasteiger partial charge in [-0.3, -0.25) is 9.52 Å². The van der Waals surface area contributed by atoms with Gasteiger partial charge in [0.2, 0.25) is 15.9 Å². The normalized spacial score (nSPS) is 18.2. The van der Waals surface area contributed by atoms with Crippen LogP contribution >= 0.6 is 0 Å². The number of nitrogens with one attached hydrogen (secondary N) is 1. The van der Waals surface area contributed by atoms with E-state index in [9.17, 15) is 21.6 Å². The zero-order valence-electron chi connectivity index (χ0n) is 16.7. The molecule has 1 aliphatic heterocycles. The summed E-state index contributed by atoms with van der Waals surface area (Å²) in [5, 5.41) is 0. The zero-order chi connectivity index (χ0) is 21.6. The first-order chi connectivity index (χ1) is 13.3. The highest BCUT2D eigenvalue weighted by molar-refractivity contribution is 7.94. The first-order valence-electron chi connectivity index (χ1n) is 9.14. The molecule has 0 unspecified atom stereocenters. The summed E-state index contributed by atoms with van der Waals surface area (Å²) >= 11 is 0. The summed E-state index contributed by atoms with van der Waals surface area (Å²) in [5.74, 6) is -0.480. The monoisotopic (exact) mass is 436 g/mol. The predicted octanol–water partition coefficient (Wildman–Crippen LogP) is 3.31. The second-order valence-electron chi connectivity index (χ2n) is 8.09. The number of hydrogen-bond acceptors (Lipinski definition) is 5. The number of benzene rings is 2. The van der Waals surface area contributed by atoms with E-state index in [2.05, 4.69) is 4.72 Å². The Morgan fingerprint density at radius 2 is 1.55 bits per heavy atom. The highest BCUT2D eigenvalue weighted by Gasteiger charge is 2.49. The fourth-order valence-electron chi connectivity index (χ4n) is 3.17. The van der Waals surface area contributed by atoms with Crippen LogP contribution < -0.4 is 9.03 Å². The molecular weight excluding hydrogens is 412 g/mol. The van der Waals surface area contributed by atoms with Gasteiger partial charge in [-0.05, 0) is 61.7 Å². The molecule has 0 spiro atoms. The average Bonchev–Trinajstić information content (AvgIpc) is 2.78. The van der Waals surface area contributed by atoms with Crippen LogP contribution in [0.3, 0.4) is 0 Å². The number of carbonyl (C=O) groups is 1. The van der Waals surface area contributed by atoms with E-state index in [-0.39, 0.29) is 16.3 Å². The molecule has 1 saturated heterocycles. The van der Waals surface area contributed by atoms with Gasteiger partial charge in [-0.25, -0.2) is 21.1 Å². The van der Waals surface area contributed by atoms with Crippen LogP contribution in [0, 0.1) is 5.41 Å². The number of carbonyl (C=O) groups excluding carboxylic acids is 1. The Morgan fingerprint density at radius 1 is 1.00 bits per heavy atom. The summed E-state index contributed by atoms with van der Waals surface area (Å²) in [6.45, 7) is 7.24. The topological polar surface area (TPSA) is 101 Å². The molecule has 29 heavy (non-hydrogen) atoms. The fraction of sp³-hybridized carbons (Fsp3) is 0.350. The number of sulfonamides is 2. The van der Waals surface area contributed by atoms with Crippen LogP contribution in [0.1, 0.15) is 39.2 Å². The fourth-order valence-corrected chi connectivity index (χ4v) is 6.34. The molecule has 1 N–H and O–H groups in total. The SMILES string of the molecule is CC(C)c1ccc(NS(=O)(=O)c2ccc(N3C(=O)C(C)(C)CS3(=O)=O)cc2)cc1. The van der Waals surface area contributed by atoms with Crippen molar-refractivity contribution in [3.63, 3.8) is 0 Å². The Balaban J connectivity index is 1.85. The lowest BCUT2D eigenvalue weighted by molar-refractivity contribution is -0.123. The van der Waals surface area contributed by atoms with Gasteiger partial charge in [0, 0.05) is 5.69 Å². The zero-order valence-corrected chi connectivity index (χ0v) is 18.3. The quantitative estimate of drug-likeness (QED) is 0.775. The van der Waals surface area contributed by atoms with E-state index in [0.717, 1.165) is 9.87 Å². The van der Waals surface area contributed by atoms with E-state index in [1.165, 1.54) is 24.3 Å². The maximum absolute atomic E-state index is 12.6. The molecule has 3 rings (SSSR count). The van der Waals surface area contributed by atoms with Gasteiger partial charge in [-0.2, -0.15) is 0 Å². The number of hydrogen-bond donors (Lipinski definition) is 1. The minimum absolute atomic E-state index is 0.0301. The first-order valence-corrected chi connectivity index (χ1v) is 12.2.